The maximum absolute atomic E-state index is 12.6. The van der Waals surface area contributed by atoms with E-state index in [9.17, 15) is 9.59 Å². The summed E-state index contributed by atoms with van der Waals surface area (Å²) in [5.41, 5.74) is 2.27. The van der Waals surface area contributed by atoms with Crippen molar-refractivity contribution in [1.29, 1.82) is 0 Å². The Kier molecular flexibility index (Phi) is 4.45. The molecule has 4 rings (SSSR count). The minimum absolute atomic E-state index is 0.0570. The molecule has 0 atom stereocenters. The number of fused-ring (bicyclic) bond motifs is 1. The molecule has 2 amide bonds. The molecule has 0 bridgehead atoms. The molecule has 2 N–H and O–H groups in total. The molecule has 2 heterocycles. The van der Waals surface area contributed by atoms with Crippen LogP contribution < -0.4 is 10.6 Å². The van der Waals surface area contributed by atoms with Crippen molar-refractivity contribution >= 4 is 35.2 Å². The molecule has 2 aromatic carbocycles. The van der Waals surface area contributed by atoms with Crippen molar-refractivity contribution in [2.75, 3.05) is 16.4 Å². The maximum atomic E-state index is 12.6. The molecular weight excluding hydrogens is 348 g/mol. The number of thioether (sulfide) groups is 1. The number of rotatable bonds is 4. The quantitative estimate of drug-likeness (QED) is 0.745. The third kappa shape index (κ3) is 3.48. The molecule has 0 saturated carbocycles. The number of benzene rings is 2. The van der Waals surface area contributed by atoms with Gasteiger partial charge in [-0.2, -0.15) is 0 Å². The molecule has 1 aliphatic rings. The van der Waals surface area contributed by atoms with Crippen LogP contribution in [0.3, 0.4) is 0 Å². The van der Waals surface area contributed by atoms with Crippen LogP contribution in [-0.4, -0.2) is 27.1 Å². The molecule has 1 aliphatic heterocycles. The first-order valence-corrected chi connectivity index (χ1v) is 9.11. The van der Waals surface area contributed by atoms with Crippen LogP contribution in [0.25, 0.3) is 0 Å². The highest BCUT2D eigenvalue weighted by atomic mass is 32.2. The van der Waals surface area contributed by atoms with Gasteiger partial charge in [-0.15, -0.1) is 11.8 Å². The van der Waals surface area contributed by atoms with Gasteiger partial charge in [0.05, 0.1) is 18.0 Å². The van der Waals surface area contributed by atoms with Crippen LogP contribution in [0.2, 0.25) is 0 Å². The van der Waals surface area contributed by atoms with Gasteiger partial charge in [0.2, 0.25) is 11.9 Å². The third-order valence-electron chi connectivity index (χ3n) is 4.01. The number of nitrogens with zero attached hydrogens (tertiary/aromatic N) is 2. The summed E-state index contributed by atoms with van der Waals surface area (Å²) in [6.45, 7) is 0.618. The maximum Gasteiger partial charge on any atom is 0.258 e. The van der Waals surface area contributed by atoms with Crippen molar-refractivity contribution in [1.82, 2.24) is 9.55 Å². The first-order valence-electron chi connectivity index (χ1n) is 8.12. The molecule has 0 fully saturated rings. The Morgan fingerprint density at radius 1 is 1.23 bits per heavy atom. The summed E-state index contributed by atoms with van der Waals surface area (Å²) in [7, 11) is 0. The third-order valence-corrected chi connectivity index (χ3v) is 5.08. The minimum Gasteiger partial charge on any atom is -0.324 e. The average molecular weight is 364 g/mol. The van der Waals surface area contributed by atoms with Crippen molar-refractivity contribution in [3.8, 4) is 0 Å². The first kappa shape index (κ1) is 16.4. The number of imidazole rings is 1. The fraction of sp³-hybridized carbons (Fsp3) is 0.105. The van der Waals surface area contributed by atoms with Crippen molar-refractivity contribution in [2.24, 2.45) is 0 Å². The van der Waals surface area contributed by atoms with E-state index in [-0.39, 0.29) is 11.8 Å². The number of amides is 2. The van der Waals surface area contributed by atoms with Crippen molar-refractivity contribution in [3.63, 3.8) is 0 Å². The molecule has 6 nitrogen and oxygen atoms in total. The molecule has 7 heteroatoms. The number of hydrogen-bond acceptors (Lipinski definition) is 4. The van der Waals surface area contributed by atoms with Gasteiger partial charge >= 0.3 is 0 Å². The van der Waals surface area contributed by atoms with Crippen LogP contribution in [-0.2, 0) is 11.3 Å². The largest absolute Gasteiger partial charge is 0.324 e. The van der Waals surface area contributed by atoms with E-state index in [0.29, 0.717) is 29.5 Å². The van der Waals surface area contributed by atoms with Gasteiger partial charge in [0, 0.05) is 22.9 Å². The van der Waals surface area contributed by atoms with E-state index in [2.05, 4.69) is 15.6 Å². The monoisotopic (exact) mass is 364 g/mol. The van der Waals surface area contributed by atoms with E-state index < -0.39 is 0 Å². The topological polar surface area (TPSA) is 76.0 Å². The van der Waals surface area contributed by atoms with E-state index in [1.165, 1.54) is 11.8 Å². The summed E-state index contributed by atoms with van der Waals surface area (Å²) in [6, 6.07) is 15.3. The van der Waals surface area contributed by atoms with Gasteiger partial charge in [-0.1, -0.05) is 30.3 Å². The fourth-order valence-corrected chi connectivity index (χ4v) is 3.53. The molecule has 0 spiro atoms. The molecular formula is C19H16N4O2S. The summed E-state index contributed by atoms with van der Waals surface area (Å²) in [5, 5.41) is 5.64. The van der Waals surface area contributed by atoms with Crippen LogP contribution >= 0.6 is 11.8 Å². The number of anilines is 2. The van der Waals surface area contributed by atoms with Gasteiger partial charge in [0.15, 0.2) is 0 Å². The van der Waals surface area contributed by atoms with Crippen LogP contribution in [0.4, 0.5) is 11.6 Å². The lowest BCUT2D eigenvalue weighted by Gasteiger charge is -2.17. The SMILES string of the molecule is O=C1CSc2ccc(C(=O)Nc3nccn3Cc3ccccc3)cc2N1. The molecule has 26 heavy (non-hydrogen) atoms. The Bertz CT molecular complexity index is 969. The Labute approximate surface area is 154 Å². The van der Waals surface area contributed by atoms with E-state index in [4.69, 9.17) is 0 Å². The smallest absolute Gasteiger partial charge is 0.258 e. The highest BCUT2D eigenvalue weighted by Gasteiger charge is 2.18. The van der Waals surface area contributed by atoms with Gasteiger partial charge in [-0.3, -0.25) is 14.9 Å². The molecule has 0 aliphatic carbocycles. The van der Waals surface area contributed by atoms with Crippen molar-refractivity contribution in [3.05, 3.63) is 72.1 Å². The highest BCUT2D eigenvalue weighted by molar-refractivity contribution is 8.00. The van der Waals surface area contributed by atoms with Crippen LogP contribution in [0.15, 0.2) is 65.8 Å². The summed E-state index contributed by atoms with van der Waals surface area (Å²) in [5.74, 6) is 0.557. The second-order valence-corrected chi connectivity index (χ2v) is 6.88. The average Bonchev–Trinajstić information content (AvgIpc) is 3.08. The number of hydrogen-bond donors (Lipinski definition) is 2. The zero-order valence-corrected chi connectivity index (χ0v) is 14.6. The summed E-state index contributed by atoms with van der Waals surface area (Å²) in [6.07, 6.45) is 3.48. The Balaban J connectivity index is 1.52. The van der Waals surface area contributed by atoms with E-state index >= 15 is 0 Å². The first-order chi connectivity index (χ1) is 12.7. The zero-order valence-electron chi connectivity index (χ0n) is 13.8. The lowest BCUT2D eigenvalue weighted by atomic mass is 10.2. The van der Waals surface area contributed by atoms with Crippen LogP contribution in [0.5, 0.6) is 0 Å². The number of nitrogens with one attached hydrogen (secondary N) is 2. The highest BCUT2D eigenvalue weighted by Crippen LogP contribution is 2.32. The van der Waals surface area contributed by atoms with E-state index in [1.807, 2.05) is 47.2 Å². The molecule has 130 valence electrons. The van der Waals surface area contributed by atoms with Crippen LogP contribution in [0.1, 0.15) is 15.9 Å². The predicted molar refractivity (Wildman–Crippen MR) is 102 cm³/mol. The molecule has 0 unspecified atom stereocenters. The number of carbonyl (C=O) groups excluding carboxylic acids is 2. The van der Waals surface area contributed by atoms with Crippen LogP contribution in [0, 0.1) is 0 Å². The van der Waals surface area contributed by atoms with Crippen molar-refractivity contribution in [2.45, 2.75) is 11.4 Å². The molecule has 1 aromatic heterocycles. The Morgan fingerprint density at radius 3 is 2.92 bits per heavy atom. The normalized spacial score (nSPS) is 13.0. The van der Waals surface area contributed by atoms with E-state index in [1.54, 1.807) is 18.3 Å². The van der Waals surface area contributed by atoms with Gasteiger partial charge in [0.1, 0.15) is 0 Å². The lowest BCUT2D eigenvalue weighted by Crippen LogP contribution is -2.20. The fourth-order valence-electron chi connectivity index (χ4n) is 2.74. The number of aromatic nitrogens is 2. The Morgan fingerprint density at radius 2 is 2.08 bits per heavy atom. The van der Waals surface area contributed by atoms with Crippen molar-refractivity contribution < 1.29 is 9.59 Å². The standard InChI is InChI=1S/C19H16N4O2S/c24-17-12-26-16-7-6-14(10-15(16)21-17)18(25)22-19-20-8-9-23(19)11-13-4-2-1-3-5-13/h1-10H,11-12H2,(H,21,24)(H,20,22,25). The summed E-state index contributed by atoms with van der Waals surface area (Å²) >= 11 is 1.47. The summed E-state index contributed by atoms with van der Waals surface area (Å²) in [4.78, 5) is 29.3. The second kappa shape index (κ2) is 7.05. The second-order valence-electron chi connectivity index (χ2n) is 5.87. The zero-order chi connectivity index (χ0) is 17.9. The number of carbonyl (C=O) groups is 2. The van der Waals surface area contributed by atoms with E-state index in [0.717, 1.165) is 10.5 Å². The minimum atomic E-state index is -0.266. The van der Waals surface area contributed by atoms with Gasteiger partial charge in [-0.05, 0) is 23.8 Å². The predicted octanol–water partition coefficient (Wildman–Crippen LogP) is 3.23. The molecule has 0 radical (unpaired) electrons. The summed E-state index contributed by atoms with van der Waals surface area (Å²) < 4.78 is 1.88. The van der Waals surface area contributed by atoms with Gasteiger partial charge < -0.3 is 9.88 Å². The molecule has 3 aromatic rings. The lowest BCUT2D eigenvalue weighted by molar-refractivity contribution is -0.113. The van der Waals surface area contributed by atoms with Gasteiger partial charge in [0.25, 0.3) is 5.91 Å². The Hall–Kier alpha value is -3.06. The van der Waals surface area contributed by atoms with Gasteiger partial charge in [-0.25, -0.2) is 4.98 Å². The molecule has 0 saturated heterocycles.